The molecule has 0 spiro atoms. The molecule has 3 saturated heterocycles. The maximum Gasteiger partial charge on any atom is 0.217 e. The van der Waals surface area contributed by atoms with Gasteiger partial charge in [0.1, 0.15) is 12.4 Å². The van der Waals surface area contributed by atoms with E-state index in [0.29, 0.717) is 19.7 Å². The zero-order chi connectivity index (χ0) is 23.1. The van der Waals surface area contributed by atoms with Gasteiger partial charge >= 0.3 is 0 Å². The third kappa shape index (κ3) is 7.65. The molecule has 1 atom stereocenters. The molecule has 0 bridgehead atoms. The Hall–Kier alpha value is -1.71. The van der Waals surface area contributed by atoms with E-state index in [1.165, 1.54) is 5.56 Å². The third-order valence-electron chi connectivity index (χ3n) is 7.03. The van der Waals surface area contributed by atoms with Gasteiger partial charge in [0.2, 0.25) is 5.91 Å². The Morgan fingerprint density at radius 1 is 1.09 bits per heavy atom. The molecule has 4 rings (SSSR count). The molecule has 0 radical (unpaired) electrons. The highest BCUT2D eigenvalue weighted by Gasteiger charge is 2.38. The van der Waals surface area contributed by atoms with Crippen molar-refractivity contribution < 1.29 is 19.4 Å². The lowest BCUT2D eigenvalue weighted by Gasteiger charge is -2.36. The number of rotatable bonds is 9. The second-order valence-electron chi connectivity index (χ2n) is 9.88. The van der Waals surface area contributed by atoms with Gasteiger partial charge in [-0.3, -0.25) is 14.6 Å². The van der Waals surface area contributed by atoms with Crippen LogP contribution in [0, 0.1) is 0 Å². The summed E-state index contributed by atoms with van der Waals surface area (Å²) in [6, 6.07) is 8.65. The Morgan fingerprint density at radius 2 is 1.82 bits per heavy atom. The SMILES string of the molecule is CC(=O)NC1CCN(C[C@]2(O)CCN(Cc3ccc(OCCN4CCOCC4)cc3)C2)CC1. The van der Waals surface area contributed by atoms with Crippen molar-refractivity contribution in [2.24, 2.45) is 0 Å². The van der Waals surface area contributed by atoms with Crippen LogP contribution in [0.2, 0.25) is 0 Å². The molecule has 33 heavy (non-hydrogen) atoms. The highest BCUT2D eigenvalue weighted by Crippen LogP contribution is 2.26. The van der Waals surface area contributed by atoms with Gasteiger partial charge in [0.15, 0.2) is 0 Å². The Kier molecular flexibility index (Phi) is 8.60. The molecule has 0 aromatic heterocycles. The minimum atomic E-state index is -0.649. The van der Waals surface area contributed by atoms with E-state index in [-0.39, 0.29) is 11.9 Å². The van der Waals surface area contributed by atoms with Crippen LogP contribution >= 0.6 is 0 Å². The van der Waals surface area contributed by atoms with Crippen LogP contribution in [0.5, 0.6) is 5.75 Å². The summed E-state index contributed by atoms with van der Waals surface area (Å²) in [5.74, 6) is 0.957. The molecule has 3 fully saturated rings. The predicted octanol–water partition coefficient (Wildman–Crippen LogP) is 0.935. The zero-order valence-electron chi connectivity index (χ0n) is 20.0. The second-order valence-corrected chi connectivity index (χ2v) is 9.88. The fourth-order valence-corrected chi connectivity index (χ4v) is 5.21. The van der Waals surface area contributed by atoms with Crippen molar-refractivity contribution in [1.29, 1.82) is 0 Å². The average Bonchev–Trinajstić information content (AvgIpc) is 3.17. The molecule has 0 saturated carbocycles. The van der Waals surface area contributed by atoms with E-state index < -0.39 is 5.60 Å². The van der Waals surface area contributed by atoms with E-state index in [9.17, 15) is 9.90 Å². The molecule has 2 N–H and O–H groups in total. The lowest BCUT2D eigenvalue weighted by Crippen LogP contribution is -2.50. The summed E-state index contributed by atoms with van der Waals surface area (Å²) in [7, 11) is 0. The number of benzene rings is 1. The van der Waals surface area contributed by atoms with Gasteiger partial charge < -0.3 is 24.8 Å². The average molecular weight is 461 g/mol. The Morgan fingerprint density at radius 3 is 2.52 bits per heavy atom. The number of β-amino-alcohol motifs (C(OH)–C–C–N with tert-alkyl or cyclic N) is 1. The highest BCUT2D eigenvalue weighted by molar-refractivity contribution is 5.73. The van der Waals surface area contributed by atoms with E-state index in [1.54, 1.807) is 6.92 Å². The molecule has 1 aromatic rings. The summed E-state index contributed by atoms with van der Waals surface area (Å²) in [6.45, 7) is 11.9. The van der Waals surface area contributed by atoms with Gasteiger partial charge in [0.05, 0.1) is 18.8 Å². The van der Waals surface area contributed by atoms with Crippen LogP contribution in [-0.2, 0) is 16.1 Å². The number of amides is 1. The standard InChI is InChI=1S/C25H40N4O4/c1-21(30)26-23-6-9-28(10-7-23)19-25(31)8-11-29(20-25)18-22-2-4-24(5-3-22)33-17-14-27-12-15-32-16-13-27/h2-5,23,31H,6-20H2,1H3,(H,26,30)/t25-/m1/s1. The summed E-state index contributed by atoms with van der Waals surface area (Å²) in [4.78, 5) is 18.3. The molecule has 1 amide bonds. The quantitative estimate of drug-likeness (QED) is 0.568. The molecular formula is C25H40N4O4. The van der Waals surface area contributed by atoms with Crippen molar-refractivity contribution in [3.05, 3.63) is 29.8 Å². The van der Waals surface area contributed by atoms with E-state index in [1.807, 2.05) is 0 Å². The van der Waals surface area contributed by atoms with Gasteiger partial charge in [-0.25, -0.2) is 0 Å². The fraction of sp³-hybridized carbons (Fsp3) is 0.720. The van der Waals surface area contributed by atoms with E-state index in [0.717, 1.165) is 84.0 Å². The fourth-order valence-electron chi connectivity index (χ4n) is 5.21. The summed E-state index contributed by atoms with van der Waals surface area (Å²) < 4.78 is 11.3. The van der Waals surface area contributed by atoms with Crippen LogP contribution in [0.4, 0.5) is 0 Å². The Balaban J connectivity index is 1.16. The van der Waals surface area contributed by atoms with Crippen molar-refractivity contribution in [3.8, 4) is 5.75 Å². The largest absolute Gasteiger partial charge is 0.492 e. The molecular weight excluding hydrogens is 420 g/mol. The first-order valence-electron chi connectivity index (χ1n) is 12.4. The van der Waals surface area contributed by atoms with Crippen molar-refractivity contribution in [2.75, 3.05) is 72.2 Å². The van der Waals surface area contributed by atoms with E-state index in [4.69, 9.17) is 9.47 Å². The first kappa shape index (κ1) is 24.4. The van der Waals surface area contributed by atoms with Crippen molar-refractivity contribution in [1.82, 2.24) is 20.0 Å². The maximum absolute atomic E-state index is 11.3. The lowest BCUT2D eigenvalue weighted by atomic mass is 9.99. The Labute approximate surface area is 197 Å². The summed E-state index contributed by atoms with van der Waals surface area (Å²) in [5, 5.41) is 14.2. The van der Waals surface area contributed by atoms with Gasteiger partial charge in [-0.2, -0.15) is 0 Å². The lowest BCUT2D eigenvalue weighted by molar-refractivity contribution is -0.120. The maximum atomic E-state index is 11.3. The minimum absolute atomic E-state index is 0.0473. The van der Waals surface area contributed by atoms with Gasteiger partial charge in [-0.1, -0.05) is 12.1 Å². The predicted molar refractivity (Wildman–Crippen MR) is 127 cm³/mol. The topological polar surface area (TPSA) is 77.5 Å². The summed E-state index contributed by atoms with van der Waals surface area (Å²) >= 11 is 0. The zero-order valence-corrected chi connectivity index (χ0v) is 20.0. The number of nitrogens with zero attached hydrogens (tertiary/aromatic N) is 3. The molecule has 184 valence electrons. The smallest absolute Gasteiger partial charge is 0.217 e. The number of carbonyl (C=O) groups is 1. The second kappa shape index (κ2) is 11.6. The van der Waals surface area contributed by atoms with Crippen LogP contribution in [0.15, 0.2) is 24.3 Å². The number of ether oxygens (including phenoxy) is 2. The number of morpholine rings is 1. The third-order valence-corrected chi connectivity index (χ3v) is 7.03. The monoisotopic (exact) mass is 460 g/mol. The number of carbonyl (C=O) groups excluding carboxylic acids is 1. The minimum Gasteiger partial charge on any atom is -0.492 e. The molecule has 3 aliphatic heterocycles. The first-order valence-corrected chi connectivity index (χ1v) is 12.4. The number of piperidine rings is 1. The summed E-state index contributed by atoms with van der Waals surface area (Å²) in [5.41, 5.74) is 0.597. The molecule has 8 nitrogen and oxygen atoms in total. The van der Waals surface area contributed by atoms with Gasteiger partial charge in [0.25, 0.3) is 0 Å². The summed E-state index contributed by atoms with van der Waals surface area (Å²) in [6.07, 6.45) is 2.72. The van der Waals surface area contributed by atoms with Crippen molar-refractivity contribution >= 4 is 5.91 Å². The molecule has 3 heterocycles. The Bertz CT molecular complexity index is 747. The molecule has 1 aromatic carbocycles. The van der Waals surface area contributed by atoms with Gasteiger partial charge in [-0.15, -0.1) is 0 Å². The van der Waals surface area contributed by atoms with Crippen LogP contribution in [-0.4, -0.2) is 110 Å². The number of aliphatic hydroxyl groups is 1. The molecule has 3 aliphatic rings. The van der Waals surface area contributed by atoms with E-state index in [2.05, 4.69) is 44.3 Å². The molecule has 0 aliphatic carbocycles. The molecule has 8 heteroatoms. The number of likely N-dealkylation sites (tertiary alicyclic amines) is 2. The van der Waals surface area contributed by atoms with Crippen LogP contribution < -0.4 is 10.1 Å². The first-order chi connectivity index (χ1) is 16.0. The van der Waals surface area contributed by atoms with Crippen molar-refractivity contribution in [2.45, 2.75) is 44.4 Å². The van der Waals surface area contributed by atoms with Crippen molar-refractivity contribution in [3.63, 3.8) is 0 Å². The number of nitrogens with one attached hydrogen (secondary N) is 1. The van der Waals surface area contributed by atoms with E-state index >= 15 is 0 Å². The van der Waals surface area contributed by atoms with Gasteiger partial charge in [-0.05, 0) is 37.0 Å². The highest BCUT2D eigenvalue weighted by atomic mass is 16.5. The van der Waals surface area contributed by atoms with Crippen LogP contribution in [0.3, 0.4) is 0 Å². The normalized spacial score (nSPS) is 25.9. The number of hydrogen-bond acceptors (Lipinski definition) is 7. The number of hydrogen-bond donors (Lipinski definition) is 2. The molecule has 0 unspecified atom stereocenters. The van der Waals surface area contributed by atoms with Crippen LogP contribution in [0.1, 0.15) is 31.7 Å². The van der Waals surface area contributed by atoms with Gasteiger partial charge in [0, 0.05) is 71.9 Å². The van der Waals surface area contributed by atoms with Crippen LogP contribution in [0.25, 0.3) is 0 Å².